The van der Waals surface area contributed by atoms with Crippen LogP contribution in [0, 0.1) is 26.7 Å². The normalized spacial score (nSPS) is 18.1. The van der Waals surface area contributed by atoms with E-state index in [0.717, 1.165) is 49.3 Å². The van der Waals surface area contributed by atoms with Gasteiger partial charge in [0.05, 0.1) is 5.92 Å². The number of carbonyl (C=O) groups is 1. The molecule has 0 saturated carbocycles. The van der Waals surface area contributed by atoms with Crippen LogP contribution >= 0.6 is 0 Å². The predicted octanol–water partition coefficient (Wildman–Crippen LogP) is 4.46. The number of hydrogen-bond donors (Lipinski definition) is 1. The van der Waals surface area contributed by atoms with Crippen LogP contribution in [-0.4, -0.2) is 23.9 Å². The van der Waals surface area contributed by atoms with Crippen LogP contribution in [0.15, 0.2) is 42.5 Å². The molecule has 0 radical (unpaired) electrons. The van der Waals surface area contributed by atoms with E-state index in [2.05, 4.69) is 41.4 Å². The molecule has 1 N–H and O–H groups in total. The van der Waals surface area contributed by atoms with Gasteiger partial charge in [-0.1, -0.05) is 48.0 Å². The van der Waals surface area contributed by atoms with Gasteiger partial charge >= 0.3 is 0 Å². The molecule has 1 unspecified atom stereocenters. The molecule has 0 aromatic heterocycles. The lowest BCUT2D eigenvalue weighted by molar-refractivity contribution is -0.121. The van der Waals surface area contributed by atoms with Crippen LogP contribution in [0.1, 0.15) is 35.1 Å². The molecule has 2 aromatic carbocycles. The third-order valence-electron chi connectivity index (χ3n) is 5.09. The SMILES string of the molecule is Cc1cccc(CN2CCCC(C(=O)Nc3c(C)cccc3C)C2)c1. The largest absolute Gasteiger partial charge is 0.325 e. The lowest BCUT2D eigenvalue weighted by atomic mass is 9.96. The van der Waals surface area contributed by atoms with E-state index in [9.17, 15) is 4.79 Å². The number of para-hydroxylation sites is 1. The fourth-order valence-corrected chi connectivity index (χ4v) is 3.72. The minimum absolute atomic E-state index is 0.0672. The van der Waals surface area contributed by atoms with Crippen molar-refractivity contribution >= 4 is 11.6 Å². The molecule has 0 bridgehead atoms. The van der Waals surface area contributed by atoms with Gasteiger partial charge in [-0.25, -0.2) is 0 Å². The summed E-state index contributed by atoms with van der Waals surface area (Å²) >= 11 is 0. The van der Waals surface area contributed by atoms with Crippen LogP contribution in [-0.2, 0) is 11.3 Å². The standard InChI is InChI=1S/C22H28N2O/c1-16-7-4-10-19(13-16)14-24-12-6-11-20(15-24)22(25)23-21-17(2)8-5-9-18(21)3/h4-5,7-10,13,20H,6,11-12,14-15H2,1-3H3,(H,23,25). The lowest BCUT2D eigenvalue weighted by Gasteiger charge is -2.32. The summed E-state index contributed by atoms with van der Waals surface area (Å²) in [6, 6.07) is 14.8. The lowest BCUT2D eigenvalue weighted by Crippen LogP contribution is -2.40. The Bertz CT molecular complexity index is 733. The summed E-state index contributed by atoms with van der Waals surface area (Å²) in [5, 5.41) is 3.18. The first-order valence-corrected chi connectivity index (χ1v) is 9.18. The third kappa shape index (κ3) is 4.49. The molecule has 0 aliphatic carbocycles. The number of nitrogens with one attached hydrogen (secondary N) is 1. The van der Waals surface area contributed by atoms with Gasteiger partial charge in [-0.2, -0.15) is 0 Å². The minimum Gasteiger partial charge on any atom is -0.325 e. The smallest absolute Gasteiger partial charge is 0.228 e. The Balaban J connectivity index is 1.63. The van der Waals surface area contributed by atoms with Crippen LogP contribution in [0.25, 0.3) is 0 Å². The highest BCUT2D eigenvalue weighted by Gasteiger charge is 2.26. The number of nitrogens with zero attached hydrogens (tertiary/aromatic N) is 1. The number of carbonyl (C=O) groups excluding carboxylic acids is 1. The fraction of sp³-hybridized carbons (Fsp3) is 0.409. The summed E-state index contributed by atoms with van der Waals surface area (Å²) in [5.41, 5.74) is 5.85. The molecule has 1 fully saturated rings. The molecule has 1 heterocycles. The molecule has 132 valence electrons. The van der Waals surface area contributed by atoms with Gasteiger partial charge in [-0.15, -0.1) is 0 Å². The number of amides is 1. The summed E-state index contributed by atoms with van der Waals surface area (Å²) in [7, 11) is 0. The maximum absolute atomic E-state index is 12.8. The van der Waals surface area contributed by atoms with Gasteiger partial charge < -0.3 is 5.32 Å². The van der Waals surface area contributed by atoms with Gasteiger partial charge in [0, 0.05) is 18.8 Å². The highest BCUT2D eigenvalue weighted by Crippen LogP contribution is 2.24. The molecule has 25 heavy (non-hydrogen) atoms. The highest BCUT2D eigenvalue weighted by atomic mass is 16.1. The zero-order valence-corrected chi connectivity index (χ0v) is 15.5. The Labute approximate surface area is 151 Å². The number of hydrogen-bond acceptors (Lipinski definition) is 2. The zero-order valence-electron chi connectivity index (χ0n) is 15.5. The molecular weight excluding hydrogens is 308 g/mol. The van der Waals surface area contributed by atoms with E-state index in [1.54, 1.807) is 0 Å². The Morgan fingerprint density at radius 1 is 1.12 bits per heavy atom. The van der Waals surface area contributed by atoms with E-state index in [-0.39, 0.29) is 11.8 Å². The summed E-state index contributed by atoms with van der Waals surface area (Å²) in [6.07, 6.45) is 2.05. The number of anilines is 1. The first kappa shape index (κ1) is 17.7. The van der Waals surface area contributed by atoms with E-state index in [1.165, 1.54) is 11.1 Å². The van der Waals surface area contributed by atoms with E-state index in [4.69, 9.17) is 0 Å². The van der Waals surface area contributed by atoms with Gasteiger partial charge in [0.15, 0.2) is 0 Å². The third-order valence-corrected chi connectivity index (χ3v) is 5.09. The average molecular weight is 336 g/mol. The van der Waals surface area contributed by atoms with Crippen molar-refractivity contribution in [2.45, 2.75) is 40.2 Å². The first-order valence-electron chi connectivity index (χ1n) is 9.18. The molecular formula is C22H28N2O. The molecule has 3 rings (SSSR count). The molecule has 3 nitrogen and oxygen atoms in total. The van der Waals surface area contributed by atoms with E-state index < -0.39 is 0 Å². The van der Waals surface area contributed by atoms with Crippen molar-refractivity contribution in [1.29, 1.82) is 0 Å². The molecule has 0 spiro atoms. The van der Waals surface area contributed by atoms with Crippen molar-refractivity contribution in [1.82, 2.24) is 4.90 Å². The molecule has 3 heteroatoms. The van der Waals surface area contributed by atoms with Gasteiger partial charge in [-0.3, -0.25) is 9.69 Å². The number of benzene rings is 2. The minimum atomic E-state index is 0.0672. The van der Waals surface area contributed by atoms with Crippen molar-refractivity contribution in [2.24, 2.45) is 5.92 Å². The van der Waals surface area contributed by atoms with Gasteiger partial charge in [-0.05, 0) is 56.8 Å². The Hall–Kier alpha value is -2.13. The number of rotatable bonds is 4. The number of aryl methyl sites for hydroxylation is 3. The summed E-state index contributed by atoms with van der Waals surface area (Å²) in [5.74, 6) is 0.226. The van der Waals surface area contributed by atoms with Gasteiger partial charge in [0.2, 0.25) is 5.91 Å². The maximum atomic E-state index is 12.8. The van der Waals surface area contributed by atoms with Gasteiger partial charge in [0.25, 0.3) is 0 Å². The molecule has 1 atom stereocenters. The van der Waals surface area contributed by atoms with Crippen LogP contribution < -0.4 is 5.32 Å². The Morgan fingerprint density at radius 2 is 1.84 bits per heavy atom. The maximum Gasteiger partial charge on any atom is 0.228 e. The van der Waals surface area contributed by atoms with Crippen LogP contribution in [0.3, 0.4) is 0 Å². The predicted molar refractivity (Wildman–Crippen MR) is 104 cm³/mol. The van der Waals surface area contributed by atoms with Crippen molar-refractivity contribution in [2.75, 3.05) is 18.4 Å². The molecule has 1 saturated heterocycles. The summed E-state index contributed by atoms with van der Waals surface area (Å²) in [6.45, 7) is 9.06. The fourth-order valence-electron chi connectivity index (χ4n) is 3.72. The van der Waals surface area contributed by atoms with Gasteiger partial charge in [0.1, 0.15) is 0 Å². The molecule has 1 aliphatic rings. The average Bonchev–Trinajstić information content (AvgIpc) is 2.58. The van der Waals surface area contributed by atoms with Crippen LogP contribution in [0.5, 0.6) is 0 Å². The highest BCUT2D eigenvalue weighted by molar-refractivity contribution is 5.94. The second kappa shape index (κ2) is 7.83. The topological polar surface area (TPSA) is 32.3 Å². The van der Waals surface area contributed by atoms with Crippen molar-refractivity contribution < 1.29 is 4.79 Å². The van der Waals surface area contributed by atoms with Crippen molar-refractivity contribution in [3.8, 4) is 0 Å². The summed E-state index contributed by atoms with van der Waals surface area (Å²) < 4.78 is 0. The van der Waals surface area contributed by atoms with Crippen molar-refractivity contribution in [3.63, 3.8) is 0 Å². The monoisotopic (exact) mass is 336 g/mol. The van der Waals surface area contributed by atoms with E-state index in [1.807, 2.05) is 32.0 Å². The second-order valence-electron chi connectivity index (χ2n) is 7.32. The molecule has 2 aromatic rings. The second-order valence-corrected chi connectivity index (χ2v) is 7.32. The number of piperidine rings is 1. The Morgan fingerprint density at radius 3 is 2.56 bits per heavy atom. The number of likely N-dealkylation sites (tertiary alicyclic amines) is 1. The van der Waals surface area contributed by atoms with Crippen LogP contribution in [0.4, 0.5) is 5.69 Å². The zero-order chi connectivity index (χ0) is 17.8. The van der Waals surface area contributed by atoms with E-state index in [0.29, 0.717) is 0 Å². The van der Waals surface area contributed by atoms with Crippen LogP contribution in [0.2, 0.25) is 0 Å². The van der Waals surface area contributed by atoms with E-state index >= 15 is 0 Å². The molecule has 1 aliphatic heterocycles. The molecule has 1 amide bonds. The Kier molecular flexibility index (Phi) is 5.54. The quantitative estimate of drug-likeness (QED) is 0.894. The first-order chi connectivity index (χ1) is 12.0. The van der Waals surface area contributed by atoms with Crippen molar-refractivity contribution in [3.05, 3.63) is 64.7 Å². The summed E-state index contributed by atoms with van der Waals surface area (Å²) in [4.78, 5) is 15.2.